The summed E-state index contributed by atoms with van der Waals surface area (Å²) in [7, 11) is 0. The van der Waals surface area contributed by atoms with Crippen molar-refractivity contribution in [2.45, 2.75) is 27.2 Å². The van der Waals surface area contributed by atoms with Crippen molar-refractivity contribution in [1.82, 2.24) is 9.97 Å². The van der Waals surface area contributed by atoms with Crippen molar-refractivity contribution >= 4 is 39.8 Å². The van der Waals surface area contributed by atoms with Crippen LogP contribution in [0.2, 0.25) is 5.02 Å². The van der Waals surface area contributed by atoms with Crippen LogP contribution in [-0.4, -0.2) is 21.7 Å². The first-order valence-electron chi connectivity index (χ1n) is 8.05. The third kappa shape index (κ3) is 3.86. The number of anilines is 1. The van der Waals surface area contributed by atoms with E-state index in [1.165, 1.54) is 18.3 Å². The number of benzene rings is 1. The van der Waals surface area contributed by atoms with E-state index in [-0.39, 0.29) is 11.7 Å². The molecule has 0 saturated carbocycles. The van der Waals surface area contributed by atoms with Gasteiger partial charge in [0.1, 0.15) is 5.69 Å². The largest absolute Gasteiger partial charge is 0.354 e. The Kier molecular flexibility index (Phi) is 5.25. The summed E-state index contributed by atoms with van der Waals surface area (Å²) in [5.41, 5.74) is 3.39. The zero-order valence-electron chi connectivity index (χ0n) is 14.6. The maximum Gasteiger partial charge on any atom is 0.274 e. The van der Waals surface area contributed by atoms with E-state index in [1.807, 2.05) is 24.3 Å². The number of thiazole rings is 1. The lowest BCUT2D eigenvalue weighted by atomic mass is 10.1. The number of rotatable bonds is 5. The molecule has 2 N–H and O–H groups in total. The summed E-state index contributed by atoms with van der Waals surface area (Å²) in [4.78, 5) is 32.5. The SMILES string of the molecule is CC(=O)c1c(C)[nH]c(C(=O)Nc2ncc(Cc3cccc(Cl)c3)s2)c1C. The molecular formula is C19H18ClN3O2S. The molecule has 1 amide bonds. The second-order valence-corrected chi connectivity index (χ2v) is 7.63. The Morgan fingerprint density at radius 3 is 2.73 bits per heavy atom. The van der Waals surface area contributed by atoms with Gasteiger partial charge >= 0.3 is 0 Å². The third-order valence-corrected chi connectivity index (χ3v) is 5.21. The molecule has 0 saturated heterocycles. The van der Waals surface area contributed by atoms with Crippen molar-refractivity contribution < 1.29 is 9.59 Å². The van der Waals surface area contributed by atoms with E-state index in [4.69, 9.17) is 11.6 Å². The Morgan fingerprint density at radius 2 is 2.08 bits per heavy atom. The molecule has 0 unspecified atom stereocenters. The van der Waals surface area contributed by atoms with Gasteiger partial charge in [-0.3, -0.25) is 14.9 Å². The molecule has 0 aliphatic heterocycles. The van der Waals surface area contributed by atoms with Crippen LogP contribution in [0.25, 0.3) is 0 Å². The Bertz CT molecular complexity index is 991. The minimum absolute atomic E-state index is 0.0617. The van der Waals surface area contributed by atoms with Crippen LogP contribution in [0.5, 0.6) is 0 Å². The molecule has 3 aromatic rings. The molecule has 0 atom stereocenters. The van der Waals surface area contributed by atoms with Crippen molar-refractivity contribution in [3.05, 3.63) is 68.4 Å². The van der Waals surface area contributed by atoms with Gasteiger partial charge < -0.3 is 4.98 Å². The molecule has 134 valence electrons. The lowest BCUT2D eigenvalue weighted by molar-refractivity contribution is 0.101. The van der Waals surface area contributed by atoms with Gasteiger partial charge in [0.05, 0.1) is 0 Å². The number of hydrogen-bond donors (Lipinski definition) is 2. The Morgan fingerprint density at radius 1 is 1.31 bits per heavy atom. The van der Waals surface area contributed by atoms with Crippen LogP contribution in [0.1, 0.15) is 49.5 Å². The maximum absolute atomic E-state index is 12.5. The second-order valence-electron chi connectivity index (χ2n) is 6.07. The molecule has 0 bridgehead atoms. The molecule has 0 spiro atoms. The number of nitrogens with one attached hydrogen (secondary N) is 2. The third-order valence-electron chi connectivity index (χ3n) is 4.06. The van der Waals surface area contributed by atoms with Gasteiger partial charge in [-0.05, 0) is 44.0 Å². The summed E-state index contributed by atoms with van der Waals surface area (Å²) < 4.78 is 0. The molecule has 2 heterocycles. The first-order valence-corrected chi connectivity index (χ1v) is 9.25. The number of carbonyl (C=O) groups is 2. The maximum atomic E-state index is 12.5. The summed E-state index contributed by atoms with van der Waals surface area (Å²) in [5, 5.41) is 4.01. The standard InChI is InChI=1S/C19H18ClN3O2S/c1-10-16(12(3)24)11(2)22-17(10)18(25)23-19-21-9-15(26-19)8-13-5-4-6-14(20)7-13/h4-7,9,22H,8H2,1-3H3,(H,21,23,25). The normalized spacial score (nSPS) is 10.8. The van der Waals surface area contributed by atoms with Crippen LogP contribution in [0.15, 0.2) is 30.5 Å². The van der Waals surface area contributed by atoms with Crippen molar-refractivity contribution in [1.29, 1.82) is 0 Å². The smallest absolute Gasteiger partial charge is 0.274 e. The van der Waals surface area contributed by atoms with Crippen molar-refractivity contribution in [2.24, 2.45) is 0 Å². The monoisotopic (exact) mass is 387 g/mol. The highest BCUT2D eigenvalue weighted by Gasteiger charge is 2.20. The van der Waals surface area contributed by atoms with E-state index < -0.39 is 0 Å². The number of H-pyrrole nitrogens is 1. The molecule has 26 heavy (non-hydrogen) atoms. The van der Waals surface area contributed by atoms with Gasteiger partial charge in [-0.2, -0.15) is 0 Å². The number of aromatic amines is 1. The Hall–Kier alpha value is -2.44. The number of hydrogen-bond acceptors (Lipinski definition) is 4. The van der Waals surface area contributed by atoms with Gasteiger partial charge in [-0.1, -0.05) is 23.7 Å². The number of halogens is 1. The average molecular weight is 388 g/mol. The molecular weight excluding hydrogens is 370 g/mol. The van der Waals surface area contributed by atoms with Crippen LogP contribution in [0.3, 0.4) is 0 Å². The first-order chi connectivity index (χ1) is 12.3. The predicted molar refractivity (Wildman–Crippen MR) is 105 cm³/mol. The van der Waals surface area contributed by atoms with E-state index in [1.54, 1.807) is 20.0 Å². The average Bonchev–Trinajstić information content (AvgIpc) is 3.11. The summed E-state index contributed by atoms with van der Waals surface area (Å²) in [6.07, 6.45) is 2.44. The predicted octanol–water partition coefficient (Wildman–Crippen LogP) is 4.79. The van der Waals surface area contributed by atoms with Gasteiger partial charge in [-0.25, -0.2) is 4.98 Å². The van der Waals surface area contributed by atoms with E-state index in [0.717, 1.165) is 10.4 Å². The number of amides is 1. The lowest BCUT2D eigenvalue weighted by Crippen LogP contribution is -2.13. The van der Waals surface area contributed by atoms with Crippen LogP contribution >= 0.6 is 22.9 Å². The molecule has 1 aromatic carbocycles. The fraction of sp³-hybridized carbons (Fsp3) is 0.211. The van der Waals surface area contributed by atoms with E-state index in [2.05, 4.69) is 15.3 Å². The zero-order valence-corrected chi connectivity index (χ0v) is 16.2. The number of aromatic nitrogens is 2. The molecule has 3 rings (SSSR count). The van der Waals surface area contributed by atoms with Crippen molar-refractivity contribution in [3.63, 3.8) is 0 Å². The van der Waals surface area contributed by atoms with Crippen LogP contribution in [-0.2, 0) is 6.42 Å². The molecule has 0 aliphatic carbocycles. The Labute approximate surface area is 160 Å². The number of carbonyl (C=O) groups excluding carboxylic acids is 2. The van der Waals surface area contributed by atoms with Gasteiger partial charge in [-0.15, -0.1) is 11.3 Å². The fourth-order valence-electron chi connectivity index (χ4n) is 2.96. The van der Waals surface area contributed by atoms with Crippen LogP contribution in [0.4, 0.5) is 5.13 Å². The first kappa shape index (κ1) is 18.4. The minimum Gasteiger partial charge on any atom is -0.354 e. The molecule has 0 fully saturated rings. The molecule has 5 nitrogen and oxygen atoms in total. The summed E-state index contributed by atoms with van der Waals surface area (Å²) in [5.74, 6) is -0.366. The minimum atomic E-state index is -0.304. The highest BCUT2D eigenvalue weighted by Crippen LogP contribution is 2.24. The molecule has 0 aliphatic rings. The number of nitrogens with zero attached hydrogens (tertiary/aromatic N) is 1. The lowest BCUT2D eigenvalue weighted by Gasteiger charge is -2.01. The molecule has 0 radical (unpaired) electrons. The van der Waals surface area contributed by atoms with Crippen LogP contribution in [0, 0.1) is 13.8 Å². The van der Waals surface area contributed by atoms with E-state index in [0.29, 0.717) is 39.1 Å². The van der Waals surface area contributed by atoms with Crippen molar-refractivity contribution in [2.75, 3.05) is 5.32 Å². The van der Waals surface area contributed by atoms with E-state index in [9.17, 15) is 9.59 Å². The molecule has 7 heteroatoms. The topological polar surface area (TPSA) is 74.8 Å². The fourth-order valence-corrected chi connectivity index (χ4v) is 4.01. The van der Waals surface area contributed by atoms with Crippen molar-refractivity contribution in [3.8, 4) is 0 Å². The quantitative estimate of drug-likeness (QED) is 0.618. The second kappa shape index (κ2) is 7.43. The number of aryl methyl sites for hydroxylation is 1. The summed E-state index contributed by atoms with van der Waals surface area (Å²) in [6, 6.07) is 7.65. The molecule has 2 aromatic heterocycles. The van der Waals surface area contributed by atoms with Crippen LogP contribution < -0.4 is 5.32 Å². The summed E-state index contributed by atoms with van der Waals surface area (Å²) >= 11 is 7.42. The highest BCUT2D eigenvalue weighted by atomic mass is 35.5. The van der Waals surface area contributed by atoms with Gasteiger partial charge in [0.25, 0.3) is 5.91 Å². The highest BCUT2D eigenvalue weighted by molar-refractivity contribution is 7.15. The van der Waals surface area contributed by atoms with Gasteiger partial charge in [0.15, 0.2) is 10.9 Å². The zero-order chi connectivity index (χ0) is 18.8. The number of ketones is 1. The van der Waals surface area contributed by atoms with Gasteiger partial charge in [0, 0.05) is 33.8 Å². The number of Topliss-reactive ketones (excluding diaryl/α,β-unsaturated/α-hetero) is 1. The summed E-state index contributed by atoms with van der Waals surface area (Å²) in [6.45, 7) is 5.04. The Balaban J connectivity index is 1.74. The van der Waals surface area contributed by atoms with Gasteiger partial charge in [0.2, 0.25) is 0 Å². The van der Waals surface area contributed by atoms with E-state index >= 15 is 0 Å².